The first kappa shape index (κ1) is 27.6. The zero-order valence-electron chi connectivity index (χ0n) is 23.3. The number of aryl methyl sites for hydroxylation is 2. The van der Waals surface area contributed by atoms with Crippen LogP contribution in [0.25, 0.3) is 31.6 Å². The first-order valence-corrected chi connectivity index (χ1v) is 15.8. The zero-order valence-corrected chi connectivity index (χ0v) is 24.9. The monoisotopic (exact) mass is 592 g/mol. The largest absolute Gasteiger partial charge is 0.485 e. The zero-order chi connectivity index (χ0) is 29.4. The molecule has 0 aliphatic heterocycles. The minimum absolute atomic E-state index is 0.00244. The Bertz CT molecular complexity index is 2050. The minimum Gasteiger partial charge on any atom is -0.485 e. The van der Waals surface area contributed by atoms with Crippen LogP contribution in [0.2, 0.25) is 0 Å². The van der Waals surface area contributed by atoms with Gasteiger partial charge in [0.25, 0.3) is 15.9 Å². The van der Waals surface area contributed by atoms with Crippen LogP contribution in [0.4, 0.5) is 0 Å². The summed E-state index contributed by atoms with van der Waals surface area (Å²) in [5.74, 6) is -0.310. The number of amides is 1. The van der Waals surface area contributed by atoms with Crippen molar-refractivity contribution in [3.8, 4) is 16.3 Å². The third-order valence-electron chi connectivity index (χ3n) is 7.30. The highest BCUT2D eigenvalue weighted by atomic mass is 32.2. The number of ether oxygens (including phenoxy) is 1. The number of carbonyl (C=O) groups is 1. The fourth-order valence-electron chi connectivity index (χ4n) is 5.07. The molecule has 0 saturated heterocycles. The summed E-state index contributed by atoms with van der Waals surface area (Å²) in [5, 5.41) is 1.57. The summed E-state index contributed by atoms with van der Waals surface area (Å²) in [5.41, 5.74) is 4.20. The molecule has 0 unspecified atom stereocenters. The molecule has 1 N–H and O–H groups in total. The van der Waals surface area contributed by atoms with E-state index in [2.05, 4.69) is 16.9 Å². The number of sulfonamides is 1. The van der Waals surface area contributed by atoms with Crippen LogP contribution in [0.15, 0.2) is 108 Å². The number of carbonyl (C=O) groups excluding carboxylic acids is 1. The van der Waals surface area contributed by atoms with E-state index >= 15 is 0 Å². The molecule has 1 atom stereocenters. The molecule has 4 aromatic carbocycles. The number of aromatic nitrogens is 1. The first-order chi connectivity index (χ1) is 20.2. The van der Waals surface area contributed by atoms with Gasteiger partial charge in [0.15, 0.2) is 0 Å². The van der Waals surface area contributed by atoms with Crippen LogP contribution in [-0.2, 0) is 10.0 Å². The summed E-state index contributed by atoms with van der Waals surface area (Å²) < 4.78 is 36.2. The Labute approximate surface area is 248 Å². The van der Waals surface area contributed by atoms with E-state index in [4.69, 9.17) is 9.72 Å². The van der Waals surface area contributed by atoms with Gasteiger partial charge in [0.05, 0.1) is 31.9 Å². The molecule has 0 aliphatic rings. The van der Waals surface area contributed by atoms with Gasteiger partial charge in [-0.2, -0.15) is 0 Å². The summed E-state index contributed by atoms with van der Waals surface area (Å²) in [7, 11) is -4.13. The molecule has 0 spiro atoms. The van der Waals surface area contributed by atoms with Crippen molar-refractivity contribution in [2.24, 2.45) is 0 Å². The Balaban J connectivity index is 1.55. The molecule has 6 aromatic rings. The highest BCUT2D eigenvalue weighted by molar-refractivity contribution is 7.90. The summed E-state index contributed by atoms with van der Waals surface area (Å²) in [6.45, 7) is 5.89. The molecule has 2 heterocycles. The number of hydrogen-bond donors (Lipinski definition) is 1. The predicted octanol–water partition coefficient (Wildman–Crippen LogP) is 7.99. The van der Waals surface area contributed by atoms with Gasteiger partial charge in [-0.15, -0.1) is 11.3 Å². The number of fused-ring (bicyclic) bond motifs is 2. The Morgan fingerprint density at radius 1 is 0.881 bits per heavy atom. The van der Waals surface area contributed by atoms with Crippen LogP contribution >= 0.6 is 11.3 Å². The van der Waals surface area contributed by atoms with E-state index < -0.39 is 15.9 Å². The maximum atomic E-state index is 13.9. The van der Waals surface area contributed by atoms with Crippen LogP contribution in [0.3, 0.4) is 0 Å². The highest BCUT2D eigenvalue weighted by Gasteiger charge is 2.25. The normalized spacial score (nSPS) is 12.4. The van der Waals surface area contributed by atoms with Crippen LogP contribution in [0, 0.1) is 13.8 Å². The van der Waals surface area contributed by atoms with E-state index in [1.807, 2.05) is 75.4 Å². The molecule has 8 heteroatoms. The van der Waals surface area contributed by atoms with Crippen molar-refractivity contribution in [3.05, 3.63) is 125 Å². The number of thiophene rings is 1. The highest BCUT2D eigenvalue weighted by Crippen LogP contribution is 2.41. The molecule has 2 aromatic heterocycles. The number of benzene rings is 4. The lowest BCUT2D eigenvalue weighted by Crippen LogP contribution is -2.31. The Kier molecular flexibility index (Phi) is 7.26. The van der Waals surface area contributed by atoms with E-state index in [9.17, 15) is 13.2 Å². The SMILES string of the molecule is Cc1c(-c2cc(C(=O)NS(=O)(=O)c3ccccc3)c3c(O[C@H](C)c4ccccc4)ccc(C)c3n2)sc2ccccc12. The Hall–Kier alpha value is -4.53. The van der Waals surface area contributed by atoms with Crippen molar-refractivity contribution in [3.63, 3.8) is 0 Å². The van der Waals surface area contributed by atoms with Crippen molar-refractivity contribution >= 4 is 48.3 Å². The Morgan fingerprint density at radius 3 is 2.26 bits per heavy atom. The van der Waals surface area contributed by atoms with Gasteiger partial charge < -0.3 is 4.74 Å². The van der Waals surface area contributed by atoms with Gasteiger partial charge >= 0.3 is 0 Å². The third kappa shape index (κ3) is 5.15. The third-order valence-corrected chi connectivity index (χ3v) is 9.94. The second kappa shape index (κ2) is 11.0. The van der Waals surface area contributed by atoms with Crippen molar-refractivity contribution in [2.45, 2.75) is 31.8 Å². The summed E-state index contributed by atoms with van der Waals surface area (Å²) in [6, 6.07) is 31.1. The number of pyridine rings is 1. The van der Waals surface area contributed by atoms with Crippen LogP contribution in [0.5, 0.6) is 5.75 Å². The van der Waals surface area contributed by atoms with Gasteiger partial charge in [-0.3, -0.25) is 4.79 Å². The van der Waals surface area contributed by atoms with E-state index in [0.29, 0.717) is 22.3 Å². The lowest BCUT2D eigenvalue weighted by Gasteiger charge is -2.19. The second-order valence-corrected chi connectivity index (χ2v) is 12.9. The lowest BCUT2D eigenvalue weighted by atomic mass is 10.0. The fourth-order valence-corrected chi connectivity index (χ4v) is 7.23. The van der Waals surface area contributed by atoms with Crippen LogP contribution in [0.1, 0.15) is 40.1 Å². The standard InChI is InChI=1S/C34H28N2O4S2/c1-21-18-19-29(40-23(3)24-12-6-4-7-13-24)31-27(34(37)36-42(38,39)25-14-8-5-9-15-25)20-28(35-32(21)31)33-22(2)26-16-10-11-17-30(26)41-33/h4-20,23H,1-3H3,(H,36,37)/t23-/m1/s1. The minimum atomic E-state index is -4.13. The molecule has 210 valence electrons. The van der Waals surface area contributed by atoms with E-state index in [0.717, 1.165) is 31.7 Å². The molecule has 6 rings (SSSR count). The van der Waals surface area contributed by atoms with E-state index in [1.54, 1.807) is 35.6 Å². The second-order valence-electron chi connectivity index (χ2n) is 10.1. The quantitative estimate of drug-likeness (QED) is 0.203. The van der Waals surface area contributed by atoms with Crippen LogP contribution < -0.4 is 9.46 Å². The van der Waals surface area contributed by atoms with Gasteiger partial charge in [0.2, 0.25) is 0 Å². The maximum absolute atomic E-state index is 13.9. The molecule has 0 saturated carbocycles. The fraction of sp³-hybridized carbons (Fsp3) is 0.118. The summed E-state index contributed by atoms with van der Waals surface area (Å²) in [6.07, 6.45) is -0.328. The molecule has 6 nitrogen and oxygen atoms in total. The topological polar surface area (TPSA) is 85.4 Å². The van der Waals surface area contributed by atoms with E-state index in [-0.39, 0.29) is 16.6 Å². The van der Waals surface area contributed by atoms with E-state index in [1.165, 1.54) is 12.1 Å². The maximum Gasteiger partial charge on any atom is 0.265 e. The van der Waals surface area contributed by atoms with Gasteiger partial charge in [-0.1, -0.05) is 72.8 Å². The number of hydrogen-bond acceptors (Lipinski definition) is 6. The smallest absolute Gasteiger partial charge is 0.265 e. The molecule has 1 amide bonds. The van der Waals surface area contributed by atoms with Crippen LogP contribution in [-0.4, -0.2) is 19.3 Å². The van der Waals surface area contributed by atoms with Gasteiger partial charge in [-0.05, 0) is 73.2 Å². The summed E-state index contributed by atoms with van der Waals surface area (Å²) >= 11 is 1.59. The van der Waals surface area contributed by atoms with Gasteiger partial charge in [0, 0.05) is 4.70 Å². The van der Waals surface area contributed by atoms with Crippen molar-refractivity contribution in [1.82, 2.24) is 9.71 Å². The molecular formula is C34H28N2O4S2. The van der Waals surface area contributed by atoms with Crippen molar-refractivity contribution < 1.29 is 17.9 Å². The van der Waals surface area contributed by atoms with Crippen molar-refractivity contribution in [2.75, 3.05) is 0 Å². The predicted molar refractivity (Wildman–Crippen MR) is 169 cm³/mol. The Morgan fingerprint density at radius 2 is 1.55 bits per heavy atom. The molecule has 0 radical (unpaired) electrons. The molecule has 42 heavy (non-hydrogen) atoms. The number of nitrogens with zero attached hydrogens (tertiary/aromatic N) is 1. The van der Waals surface area contributed by atoms with Gasteiger partial charge in [-0.25, -0.2) is 18.1 Å². The molecule has 0 bridgehead atoms. The lowest BCUT2D eigenvalue weighted by molar-refractivity contribution is 0.0982. The van der Waals surface area contributed by atoms with Crippen molar-refractivity contribution in [1.29, 1.82) is 0 Å². The first-order valence-electron chi connectivity index (χ1n) is 13.5. The number of nitrogens with one attached hydrogen (secondary N) is 1. The number of rotatable bonds is 7. The van der Waals surface area contributed by atoms with Gasteiger partial charge in [0.1, 0.15) is 11.9 Å². The molecule has 0 fully saturated rings. The molecule has 0 aliphatic carbocycles. The molecular weight excluding hydrogens is 565 g/mol. The summed E-state index contributed by atoms with van der Waals surface area (Å²) in [4.78, 5) is 19.9. The average Bonchev–Trinajstić information content (AvgIpc) is 3.35. The average molecular weight is 593 g/mol.